The zero-order valence-electron chi connectivity index (χ0n) is 9.79. The Morgan fingerprint density at radius 3 is 2.94 bits per heavy atom. The third-order valence-electron chi connectivity index (χ3n) is 2.90. The van der Waals surface area contributed by atoms with Gasteiger partial charge in [0.25, 0.3) is 0 Å². The van der Waals surface area contributed by atoms with Gasteiger partial charge >= 0.3 is 0 Å². The van der Waals surface area contributed by atoms with Crippen LogP contribution in [-0.4, -0.2) is 30.9 Å². The van der Waals surface area contributed by atoms with Gasteiger partial charge in [-0.05, 0) is 12.8 Å². The van der Waals surface area contributed by atoms with E-state index in [2.05, 4.69) is 10.6 Å². The van der Waals surface area contributed by atoms with Gasteiger partial charge < -0.3 is 16.4 Å². The predicted molar refractivity (Wildman–Crippen MR) is 61.6 cm³/mol. The van der Waals surface area contributed by atoms with Crippen molar-refractivity contribution in [2.75, 3.05) is 13.1 Å². The molecule has 1 aliphatic heterocycles. The summed E-state index contributed by atoms with van der Waals surface area (Å²) in [6.07, 6.45) is 3.14. The largest absolute Gasteiger partial charge is 0.354 e. The number of hydrogen-bond donors (Lipinski definition) is 3. The number of carbonyl (C=O) groups excluding carboxylic acids is 2. The van der Waals surface area contributed by atoms with Crippen molar-refractivity contribution < 1.29 is 9.59 Å². The van der Waals surface area contributed by atoms with Crippen molar-refractivity contribution >= 4 is 11.8 Å². The molecule has 4 N–H and O–H groups in total. The van der Waals surface area contributed by atoms with Crippen LogP contribution in [0.3, 0.4) is 0 Å². The van der Waals surface area contributed by atoms with Gasteiger partial charge in [-0.2, -0.15) is 0 Å². The lowest BCUT2D eigenvalue weighted by Gasteiger charge is -2.16. The summed E-state index contributed by atoms with van der Waals surface area (Å²) in [5.74, 6) is -0.0178. The molecule has 0 spiro atoms. The van der Waals surface area contributed by atoms with Gasteiger partial charge in [-0.25, -0.2) is 0 Å². The van der Waals surface area contributed by atoms with Crippen LogP contribution in [0.2, 0.25) is 0 Å². The first kappa shape index (κ1) is 13.0. The lowest BCUT2D eigenvalue weighted by atomic mass is 10.0. The molecule has 2 amide bonds. The van der Waals surface area contributed by atoms with Crippen molar-refractivity contribution in [3.63, 3.8) is 0 Å². The molecule has 16 heavy (non-hydrogen) atoms. The van der Waals surface area contributed by atoms with Crippen LogP contribution in [0, 0.1) is 5.92 Å². The molecule has 1 saturated heterocycles. The Hall–Kier alpha value is -1.10. The molecule has 1 rings (SSSR count). The maximum atomic E-state index is 11.7. The van der Waals surface area contributed by atoms with E-state index < -0.39 is 0 Å². The third-order valence-corrected chi connectivity index (χ3v) is 2.90. The summed E-state index contributed by atoms with van der Waals surface area (Å²) in [4.78, 5) is 22.6. The first-order valence-electron chi connectivity index (χ1n) is 5.94. The van der Waals surface area contributed by atoms with Crippen molar-refractivity contribution in [2.45, 2.75) is 38.6 Å². The van der Waals surface area contributed by atoms with Crippen LogP contribution < -0.4 is 16.4 Å². The average molecular weight is 227 g/mol. The van der Waals surface area contributed by atoms with Crippen LogP contribution in [0.4, 0.5) is 0 Å². The molecule has 2 unspecified atom stereocenters. The second-order valence-electron chi connectivity index (χ2n) is 4.27. The van der Waals surface area contributed by atoms with Crippen LogP contribution in [0.25, 0.3) is 0 Å². The van der Waals surface area contributed by atoms with Gasteiger partial charge in [-0.1, -0.05) is 13.3 Å². The molecular formula is C11H21N3O2. The smallest absolute Gasteiger partial charge is 0.224 e. The summed E-state index contributed by atoms with van der Waals surface area (Å²) in [5, 5.41) is 5.66. The quantitative estimate of drug-likeness (QED) is 0.585. The summed E-state index contributed by atoms with van der Waals surface area (Å²) in [6.45, 7) is 2.94. The van der Waals surface area contributed by atoms with Crippen LogP contribution in [-0.2, 0) is 9.59 Å². The van der Waals surface area contributed by atoms with Crippen LogP contribution >= 0.6 is 0 Å². The standard InChI is InChI=1S/C11H21N3O2/c1-2-3-8(6-12)11(16)13-7-9-4-5-10(15)14-9/h8-9H,2-7,12H2,1H3,(H,13,16)(H,14,15). The van der Waals surface area contributed by atoms with E-state index in [9.17, 15) is 9.59 Å². The van der Waals surface area contributed by atoms with E-state index in [1.165, 1.54) is 0 Å². The first-order valence-corrected chi connectivity index (χ1v) is 5.94. The molecule has 1 fully saturated rings. The molecule has 0 radical (unpaired) electrons. The topological polar surface area (TPSA) is 84.2 Å². The van der Waals surface area contributed by atoms with Crippen LogP contribution in [0.15, 0.2) is 0 Å². The van der Waals surface area contributed by atoms with Gasteiger partial charge in [0.1, 0.15) is 0 Å². The Morgan fingerprint density at radius 2 is 2.44 bits per heavy atom. The minimum atomic E-state index is -0.0953. The Kier molecular flexibility index (Phi) is 5.25. The molecule has 0 aromatic carbocycles. The minimum Gasteiger partial charge on any atom is -0.354 e. The van der Waals surface area contributed by atoms with Crippen molar-refractivity contribution in [1.29, 1.82) is 0 Å². The highest BCUT2D eigenvalue weighted by atomic mass is 16.2. The summed E-state index contributed by atoms with van der Waals surface area (Å²) in [5.41, 5.74) is 5.53. The number of rotatable bonds is 6. The molecule has 5 nitrogen and oxygen atoms in total. The average Bonchev–Trinajstić information content (AvgIpc) is 2.68. The van der Waals surface area contributed by atoms with Gasteiger partial charge in [-0.3, -0.25) is 9.59 Å². The van der Waals surface area contributed by atoms with E-state index in [4.69, 9.17) is 5.73 Å². The molecule has 0 saturated carbocycles. The van der Waals surface area contributed by atoms with Crippen LogP contribution in [0.5, 0.6) is 0 Å². The van der Waals surface area contributed by atoms with Gasteiger partial charge in [-0.15, -0.1) is 0 Å². The Balaban J connectivity index is 2.25. The lowest BCUT2D eigenvalue weighted by Crippen LogP contribution is -2.42. The fraction of sp³-hybridized carbons (Fsp3) is 0.818. The summed E-state index contributed by atoms with van der Waals surface area (Å²) in [7, 11) is 0. The predicted octanol–water partition coefficient (Wildman–Crippen LogP) is -0.244. The molecule has 92 valence electrons. The SMILES string of the molecule is CCCC(CN)C(=O)NCC1CCC(=O)N1. The molecule has 1 heterocycles. The Morgan fingerprint density at radius 1 is 1.69 bits per heavy atom. The van der Waals surface area contributed by atoms with Gasteiger partial charge in [0.15, 0.2) is 0 Å². The molecule has 1 aliphatic rings. The van der Waals surface area contributed by atoms with Gasteiger partial charge in [0.05, 0.1) is 5.92 Å². The molecule has 0 aromatic heterocycles. The van der Waals surface area contributed by atoms with Crippen molar-refractivity contribution in [3.8, 4) is 0 Å². The number of nitrogens with two attached hydrogens (primary N) is 1. The van der Waals surface area contributed by atoms with E-state index in [0.29, 0.717) is 19.5 Å². The highest BCUT2D eigenvalue weighted by Crippen LogP contribution is 2.07. The zero-order chi connectivity index (χ0) is 12.0. The number of carbonyl (C=O) groups is 2. The normalized spacial score (nSPS) is 21.6. The molecule has 0 aliphatic carbocycles. The molecule has 2 atom stereocenters. The molecule has 0 bridgehead atoms. The molecule has 5 heteroatoms. The number of nitrogens with one attached hydrogen (secondary N) is 2. The molecular weight excluding hydrogens is 206 g/mol. The summed E-state index contributed by atoms with van der Waals surface area (Å²) in [6, 6.07) is 0.0940. The maximum Gasteiger partial charge on any atom is 0.224 e. The fourth-order valence-corrected chi connectivity index (χ4v) is 1.90. The Bertz CT molecular complexity index is 256. The highest BCUT2D eigenvalue weighted by Gasteiger charge is 2.22. The molecule has 0 aromatic rings. The van der Waals surface area contributed by atoms with E-state index in [-0.39, 0.29) is 23.8 Å². The van der Waals surface area contributed by atoms with E-state index in [1.54, 1.807) is 0 Å². The number of hydrogen-bond acceptors (Lipinski definition) is 3. The second-order valence-corrected chi connectivity index (χ2v) is 4.27. The first-order chi connectivity index (χ1) is 7.67. The van der Waals surface area contributed by atoms with Crippen molar-refractivity contribution in [1.82, 2.24) is 10.6 Å². The third kappa shape index (κ3) is 3.81. The number of amides is 2. The van der Waals surface area contributed by atoms with Crippen molar-refractivity contribution in [2.24, 2.45) is 11.7 Å². The second kappa shape index (κ2) is 6.48. The summed E-state index contributed by atoms with van der Waals surface area (Å²) < 4.78 is 0. The van der Waals surface area contributed by atoms with Gasteiger partial charge in [0, 0.05) is 25.6 Å². The lowest BCUT2D eigenvalue weighted by molar-refractivity contribution is -0.125. The van der Waals surface area contributed by atoms with Crippen LogP contribution in [0.1, 0.15) is 32.6 Å². The van der Waals surface area contributed by atoms with E-state index >= 15 is 0 Å². The van der Waals surface area contributed by atoms with E-state index in [1.807, 2.05) is 6.92 Å². The minimum absolute atomic E-state index is 0.00509. The van der Waals surface area contributed by atoms with E-state index in [0.717, 1.165) is 19.3 Å². The maximum absolute atomic E-state index is 11.7. The fourth-order valence-electron chi connectivity index (χ4n) is 1.90. The monoisotopic (exact) mass is 227 g/mol. The Labute approximate surface area is 96.1 Å². The van der Waals surface area contributed by atoms with Crippen molar-refractivity contribution in [3.05, 3.63) is 0 Å². The van der Waals surface area contributed by atoms with Gasteiger partial charge in [0.2, 0.25) is 11.8 Å². The zero-order valence-corrected chi connectivity index (χ0v) is 9.79. The highest BCUT2D eigenvalue weighted by molar-refractivity contribution is 5.80. The summed E-state index contributed by atoms with van der Waals surface area (Å²) >= 11 is 0.